The summed E-state index contributed by atoms with van der Waals surface area (Å²) in [5.74, 6) is -0.971. The van der Waals surface area contributed by atoms with Gasteiger partial charge in [-0.3, -0.25) is 9.78 Å². The Bertz CT molecular complexity index is 1070. The maximum atomic E-state index is 12.6. The summed E-state index contributed by atoms with van der Waals surface area (Å²) < 4.78 is 10.7. The highest BCUT2D eigenvalue weighted by molar-refractivity contribution is 5.86. The lowest BCUT2D eigenvalue weighted by Crippen LogP contribution is -2.39. The molecule has 0 bridgehead atoms. The van der Waals surface area contributed by atoms with Crippen LogP contribution in [0.4, 0.5) is 0 Å². The summed E-state index contributed by atoms with van der Waals surface area (Å²) in [6, 6.07) is 3.51. The predicted molar refractivity (Wildman–Crippen MR) is 145 cm³/mol. The van der Waals surface area contributed by atoms with Crippen LogP contribution in [0.3, 0.4) is 0 Å². The Morgan fingerprint density at radius 2 is 1.92 bits per heavy atom. The molecule has 0 amide bonds. The van der Waals surface area contributed by atoms with Crippen LogP contribution in [-0.2, 0) is 24.5 Å². The van der Waals surface area contributed by atoms with Crippen LogP contribution in [0.1, 0.15) is 73.3 Å². The molecule has 0 saturated carbocycles. The number of esters is 2. The Kier molecular flexibility index (Phi) is 10.6. The molecule has 5 nitrogen and oxygen atoms in total. The topological polar surface area (TPSA) is 65.5 Å². The molecule has 5 heteroatoms. The summed E-state index contributed by atoms with van der Waals surface area (Å²) in [5.41, 5.74) is 4.51. The highest BCUT2D eigenvalue weighted by Crippen LogP contribution is 2.40. The molecule has 1 aliphatic carbocycles. The third-order valence-electron chi connectivity index (χ3n) is 6.65. The summed E-state index contributed by atoms with van der Waals surface area (Å²) in [5, 5.41) is 0. The van der Waals surface area contributed by atoms with Crippen LogP contribution < -0.4 is 0 Å². The number of hydrogen-bond donors (Lipinski definition) is 0. The van der Waals surface area contributed by atoms with E-state index in [9.17, 15) is 9.59 Å². The molecule has 1 heterocycles. The number of carbonyl (C=O) groups is 2. The van der Waals surface area contributed by atoms with E-state index in [1.807, 2.05) is 25.2 Å². The number of nitrogens with zero attached hydrogens (tertiary/aromatic N) is 1. The summed E-state index contributed by atoms with van der Waals surface area (Å²) in [6.45, 7) is 14.3. The van der Waals surface area contributed by atoms with E-state index in [-0.39, 0.29) is 18.6 Å². The van der Waals surface area contributed by atoms with Crippen molar-refractivity contribution in [2.45, 2.75) is 73.1 Å². The second-order valence-electron chi connectivity index (χ2n) is 10.3. The van der Waals surface area contributed by atoms with Crippen molar-refractivity contribution in [1.82, 2.24) is 4.98 Å². The van der Waals surface area contributed by atoms with Crippen LogP contribution in [-0.4, -0.2) is 30.1 Å². The van der Waals surface area contributed by atoms with Crippen LogP contribution in [0.25, 0.3) is 0 Å². The molecule has 2 rings (SSSR count). The summed E-state index contributed by atoms with van der Waals surface area (Å²) in [6.07, 6.45) is 18.5. The van der Waals surface area contributed by atoms with Gasteiger partial charge in [-0.05, 0) is 82.1 Å². The third kappa shape index (κ3) is 8.18. The van der Waals surface area contributed by atoms with Crippen molar-refractivity contribution in [3.8, 4) is 0 Å². The molecule has 1 aliphatic rings. The number of carbonyl (C=O) groups excluding carboxylic acids is 2. The number of allylic oxidation sites excluding steroid dienone is 9. The molecular formula is C31H41NO4. The molecule has 0 saturated heterocycles. The fourth-order valence-corrected chi connectivity index (χ4v) is 4.36. The van der Waals surface area contributed by atoms with Gasteiger partial charge in [0.05, 0.1) is 6.61 Å². The van der Waals surface area contributed by atoms with Gasteiger partial charge in [-0.1, -0.05) is 61.4 Å². The predicted octanol–water partition coefficient (Wildman–Crippen LogP) is 6.98. The van der Waals surface area contributed by atoms with E-state index in [0.29, 0.717) is 5.56 Å². The molecule has 36 heavy (non-hydrogen) atoms. The van der Waals surface area contributed by atoms with Gasteiger partial charge in [0.1, 0.15) is 12.0 Å². The van der Waals surface area contributed by atoms with Crippen LogP contribution >= 0.6 is 0 Å². The van der Waals surface area contributed by atoms with Crippen LogP contribution in [0, 0.1) is 5.41 Å². The van der Waals surface area contributed by atoms with E-state index in [4.69, 9.17) is 9.47 Å². The smallest absolute Gasteiger partial charge is 0.331 e. The molecule has 0 aromatic carbocycles. The van der Waals surface area contributed by atoms with Crippen LogP contribution in [0.15, 0.2) is 83.3 Å². The first-order valence-corrected chi connectivity index (χ1v) is 12.7. The van der Waals surface area contributed by atoms with Crippen molar-refractivity contribution in [2.24, 2.45) is 5.41 Å². The largest absolute Gasteiger partial charge is 0.465 e. The van der Waals surface area contributed by atoms with Gasteiger partial charge < -0.3 is 9.47 Å². The standard InChI is InChI=1S/C31H41NO4/c1-8-35-29(34)31(7,26-15-11-19-32-21-26)22-36-28(33)20-24(3)13-9-12-23(2)16-17-27-25(4)14-10-18-30(27,5)6/h9,11-13,15-17,19-21H,8,10,14,18,22H2,1-7H3. The van der Waals surface area contributed by atoms with E-state index in [2.05, 4.69) is 44.8 Å². The van der Waals surface area contributed by atoms with Crippen molar-refractivity contribution in [1.29, 1.82) is 0 Å². The van der Waals surface area contributed by atoms with Crippen LogP contribution in [0.5, 0.6) is 0 Å². The van der Waals surface area contributed by atoms with Gasteiger partial charge in [-0.2, -0.15) is 0 Å². The fraction of sp³-hybridized carbons (Fsp3) is 0.452. The fourth-order valence-electron chi connectivity index (χ4n) is 4.36. The number of rotatable bonds is 10. The first kappa shape index (κ1) is 29.0. The normalized spacial score (nSPS) is 18.4. The minimum atomic E-state index is -1.13. The van der Waals surface area contributed by atoms with Crippen molar-refractivity contribution in [3.05, 3.63) is 88.8 Å². The number of hydrogen-bond acceptors (Lipinski definition) is 5. The SMILES string of the molecule is CCOC(=O)C(C)(COC(=O)C=C(C)C=CC=C(C)C=CC1=C(C)CCCC1(C)C)c1cccnc1. The Hall–Kier alpha value is -3.21. The molecular weight excluding hydrogens is 450 g/mol. The molecule has 194 valence electrons. The van der Waals surface area contributed by atoms with Gasteiger partial charge >= 0.3 is 11.9 Å². The summed E-state index contributed by atoms with van der Waals surface area (Å²) in [7, 11) is 0. The third-order valence-corrected chi connectivity index (χ3v) is 6.65. The molecule has 1 aromatic rings. The molecule has 1 atom stereocenters. The molecule has 1 aromatic heterocycles. The monoisotopic (exact) mass is 491 g/mol. The Morgan fingerprint density at radius 1 is 1.17 bits per heavy atom. The lowest BCUT2D eigenvalue weighted by molar-refractivity contribution is -0.154. The van der Waals surface area contributed by atoms with E-state index in [1.165, 1.54) is 36.5 Å². The first-order valence-electron chi connectivity index (χ1n) is 12.7. The molecule has 0 N–H and O–H groups in total. The molecule has 1 unspecified atom stereocenters. The zero-order chi connectivity index (χ0) is 26.8. The van der Waals surface area contributed by atoms with Crippen molar-refractivity contribution >= 4 is 11.9 Å². The van der Waals surface area contributed by atoms with E-state index < -0.39 is 17.4 Å². The van der Waals surface area contributed by atoms with Gasteiger partial charge in [0.2, 0.25) is 0 Å². The van der Waals surface area contributed by atoms with E-state index in [0.717, 1.165) is 11.1 Å². The van der Waals surface area contributed by atoms with Gasteiger partial charge in [-0.15, -0.1) is 0 Å². The zero-order valence-corrected chi connectivity index (χ0v) is 22.9. The lowest BCUT2D eigenvalue weighted by Gasteiger charge is -2.32. The quantitative estimate of drug-likeness (QED) is 0.201. The molecule has 0 spiro atoms. The minimum absolute atomic E-state index is 0.140. The average Bonchev–Trinajstić information content (AvgIpc) is 2.82. The number of ether oxygens (including phenoxy) is 2. The minimum Gasteiger partial charge on any atom is -0.465 e. The Balaban J connectivity index is 2.01. The van der Waals surface area contributed by atoms with Gasteiger partial charge in [-0.25, -0.2) is 4.79 Å². The molecule has 0 radical (unpaired) electrons. The zero-order valence-electron chi connectivity index (χ0n) is 22.9. The second kappa shape index (κ2) is 13.2. The highest BCUT2D eigenvalue weighted by atomic mass is 16.5. The summed E-state index contributed by atoms with van der Waals surface area (Å²) >= 11 is 0. The van der Waals surface area contributed by atoms with Gasteiger partial charge in [0, 0.05) is 18.5 Å². The lowest BCUT2D eigenvalue weighted by atomic mass is 9.72. The maximum absolute atomic E-state index is 12.6. The first-order chi connectivity index (χ1) is 17.0. The van der Waals surface area contributed by atoms with E-state index >= 15 is 0 Å². The van der Waals surface area contributed by atoms with Crippen molar-refractivity contribution < 1.29 is 19.1 Å². The summed E-state index contributed by atoms with van der Waals surface area (Å²) in [4.78, 5) is 29.2. The van der Waals surface area contributed by atoms with Gasteiger partial charge in [0.25, 0.3) is 0 Å². The highest BCUT2D eigenvalue weighted by Gasteiger charge is 2.38. The average molecular weight is 492 g/mol. The van der Waals surface area contributed by atoms with Crippen LogP contribution in [0.2, 0.25) is 0 Å². The van der Waals surface area contributed by atoms with Crippen molar-refractivity contribution in [3.63, 3.8) is 0 Å². The molecule has 0 aliphatic heterocycles. The maximum Gasteiger partial charge on any atom is 0.331 e. The molecule has 0 fully saturated rings. The van der Waals surface area contributed by atoms with Gasteiger partial charge in [0.15, 0.2) is 0 Å². The second-order valence-corrected chi connectivity index (χ2v) is 10.3. The Labute approximate surface area is 216 Å². The number of pyridine rings is 1. The van der Waals surface area contributed by atoms with E-state index in [1.54, 1.807) is 38.4 Å². The number of aromatic nitrogens is 1. The Morgan fingerprint density at radius 3 is 2.56 bits per heavy atom. The van der Waals surface area contributed by atoms with Crippen molar-refractivity contribution in [2.75, 3.05) is 13.2 Å².